The van der Waals surface area contributed by atoms with Crippen LogP contribution < -0.4 is 4.90 Å². The molecule has 1 atom stereocenters. The number of anilines is 1. The first-order valence-corrected chi connectivity index (χ1v) is 11.7. The molecule has 158 valence electrons. The number of carbonyl (C=O) groups is 1. The highest BCUT2D eigenvalue weighted by Gasteiger charge is 2.34. The highest BCUT2D eigenvalue weighted by atomic mass is 32.1. The van der Waals surface area contributed by atoms with Crippen molar-refractivity contribution in [3.63, 3.8) is 0 Å². The molecule has 1 aromatic rings. The zero-order chi connectivity index (χ0) is 20.5. The van der Waals surface area contributed by atoms with Crippen molar-refractivity contribution in [2.45, 2.75) is 72.6 Å². The van der Waals surface area contributed by atoms with Crippen LogP contribution in [0.4, 0.5) is 9.80 Å². The van der Waals surface area contributed by atoms with E-state index in [9.17, 15) is 4.79 Å². The Hall–Kier alpha value is -1.40. The minimum atomic E-state index is 0.138. The molecule has 2 amide bonds. The zero-order valence-corrected chi connectivity index (χ0v) is 19.1. The smallest absolute Gasteiger partial charge is 0.311 e. The summed E-state index contributed by atoms with van der Waals surface area (Å²) in [5.41, 5.74) is 2.50. The number of aryl methyl sites for hydroxylation is 1. The molecular weight excluding hydrogens is 368 g/mol. The van der Waals surface area contributed by atoms with Gasteiger partial charge in [-0.2, -0.15) is 4.37 Å². The van der Waals surface area contributed by atoms with Gasteiger partial charge in [0.25, 0.3) is 0 Å². The van der Waals surface area contributed by atoms with Gasteiger partial charge >= 0.3 is 6.03 Å². The zero-order valence-electron chi connectivity index (χ0n) is 18.2. The van der Waals surface area contributed by atoms with Crippen LogP contribution in [0, 0.1) is 5.92 Å². The summed E-state index contributed by atoms with van der Waals surface area (Å²) in [5.74, 6) is 0.403. The minimum Gasteiger partial charge on any atom is -0.311 e. The summed E-state index contributed by atoms with van der Waals surface area (Å²) in [7, 11) is 0. The normalized spacial score (nSPS) is 16.6. The van der Waals surface area contributed by atoms with Crippen molar-refractivity contribution in [3.8, 4) is 0 Å². The Bertz CT molecular complexity index is 630. The van der Waals surface area contributed by atoms with Crippen LogP contribution in [-0.4, -0.2) is 46.6 Å². The number of hydrogen-bond acceptors (Lipinski definition) is 4. The SMILES string of the molecule is C=CC(C)CN1CN(CCCC)C(=O)N(c2snc(CCCC)c2CCC)C1. The Kier molecular flexibility index (Phi) is 9.45. The van der Waals surface area contributed by atoms with Crippen LogP contribution >= 0.6 is 11.5 Å². The van der Waals surface area contributed by atoms with E-state index in [-0.39, 0.29) is 6.03 Å². The molecule has 0 spiro atoms. The second kappa shape index (κ2) is 11.6. The fraction of sp³-hybridized carbons (Fsp3) is 0.727. The number of carbonyl (C=O) groups excluding carboxylic acids is 1. The Balaban J connectivity index is 2.29. The van der Waals surface area contributed by atoms with Gasteiger partial charge in [-0.3, -0.25) is 9.80 Å². The van der Waals surface area contributed by atoms with E-state index in [1.54, 1.807) is 0 Å². The third-order valence-corrected chi connectivity index (χ3v) is 6.26. The summed E-state index contributed by atoms with van der Waals surface area (Å²) >= 11 is 1.51. The molecule has 1 fully saturated rings. The van der Waals surface area contributed by atoms with Crippen molar-refractivity contribution in [1.82, 2.24) is 14.2 Å². The lowest BCUT2D eigenvalue weighted by Crippen LogP contribution is -2.59. The van der Waals surface area contributed by atoms with Crippen molar-refractivity contribution in [2.75, 3.05) is 31.3 Å². The summed E-state index contributed by atoms with van der Waals surface area (Å²) in [6.07, 6.45) is 9.53. The molecule has 1 aliphatic rings. The molecule has 2 heterocycles. The lowest BCUT2D eigenvalue weighted by molar-refractivity contribution is 0.108. The van der Waals surface area contributed by atoms with Crippen LogP contribution in [0.25, 0.3) is 0 Å². The molecule has 1 aromatic heterocycles. The van der Waals surface area contributed by atoms with Crippen LogP contribution in [0.5, 0.6) is 0 Å². The van der Waals surface area contributed by atoms with Gasteiger partial charge in [0.2, 0.25) is 0 Å². The van der Waals surface area contributed by atoms with E-state index >= 15 is 0 Å². The summed E-state index contributed by atoms with van der Waals surface area (Å²) in [4.78, 5) is 19.6. The van der Waals surface area contributed by atoms with Crippen LogP contribution in [0.1, 0.15) is 71.1 Å². The number of urea groups is 1. The monoisotopic (exact) mass is 406 g/mol. The number of hydrogen-bond donors (Lipinski definition) is 0. The topological polar surface area (TPSA) is 39.7 Å². The molecule has 28 heavy (non-hydrogen) atoms. The average molecular weight is 407 g/mol. The van der Waals surface area contributed by atoms with Crippen molar-refractivity contribution < 1.29 is 4.79 Å². The van der Waals surface area contributed by atoms with Gasteiger partial charge in [0.15, 0.2) is 0 Å². The molecule has 0 bridgehead atoms. The first kappa shape index (κ1) is 22.9. The number of amides is 2. The van der Waals surface area contributed by atoms with Gasteiger partial charge in [0.05, 0.1) is 19.0 Å². The molecule has 6 heteroatoms. The van der Waals surface area contributed by atoms with Crippen molar-refractivity contribution in [2.24, 2.45) is 5.92 Å². The predicted octanol–water partition coefficient (Wildman–Crippen LogP) is 5.52. The molecule has 1 saturated heterocycles. The molecule has 1 aliphatic heterocycles. The summed E-state index contributed by atoms with van der Waals surface area (Å²) < 4.78 is 4.77. The van der Waals surface area contributed by atoms with E-state index in [1.807, 2.05) is 15.9 Å². The molecule has 0 aromatic carbocycles. The highest BCUT2D eigenvalue weighted by molar-refractivity contribution is 7.10. The van der Waals surface area contributed by atoms with E-state index < -0.39 is 0 Å². The predicted molar refractivity (Wildman–Crippen MR) is 120 cm³/mol. The number of aromatic nitrogens is 1. The maximum absolute atomic E-state index is 13.3. The van der Waals surface area contributed by atoms with Crippen LogP contribution in [0.3, 0.4) is 0 Å². The van der Waals surface area contributed by atoms with Gasteiger partial charge in [0, 0.05) is 18.7 Å². The Morgan fingerprint density at radius 1 is 1.14 bits per heavy atom. The van der Waals surface area contributed by atoms with E-state index in [1.165, 1.54) is 29.2 Å². The molecule has 0 saturated carbocycles. The second-order valence-electron chi connectivity index (χ2n) is 7.94. The number of rotatable bonds is 12. The van der Waals surface area contributed by atoms with E-state index in [0.29, 0.717) is 19.3 Å². The maximum Gasteiger partial charge on any atom is 0.327 e. The third kappa shape index (κ3) is 5.80. The Labute approximate surface area is 175 Å². The fourth-order valence-corrected chi connectivity index (χ4v) is 4.59. The van der Waals surface area contributed by atoms with Gasteiger partial charge in [-0.05, 0) is 43.1 Å². The number of unbranched alkanes of at least 4 members (excludes halogenated alkanes) is 2. The van der Waals surface area contributed by atoms with Gasteiger partial charge in [-0.1, -0.05) is 53.0 Å². The lowest BCUT2D eigenvalue weighted by Gasteiger charge is -2.42. The Morgan fingerprint density at radius 3 is 2.54 bits per heavy atom. The minimum absolute atomic E-state index is 0.138. The molecule has 1 unspecified atom stereocenters. The summed E-state index contributed by atoms with van der Waals surface area (Å²) in [5, 5.41) is 1.07. The van der Waals surface area contributed by atoms with E-state index in [0.717, 1.165) is 56.6 Å². The largest absolute Gasteiger partial charge is 0.327 e. The van der Waals surface area contributed by atoms with Gasteiger partial charge in [-0.15, -0.1) is 6.58 Å². The molecule has 2 rings (SSSR count). The quantitative estimate of drug-likeness (QED) is 0.429. The first-order chi connectivity index (χ1) is 13.5. The molecule has 0 radical (unpaired) electrons. The van der Waals surface area contributed by atoms with Crippen molar-refractivity contribution in [1.29, 1.82) is 0 Å². The summed E-state index contributed by atoms with van der Waals surface area (Å²) in [6.45, 7) is 15.8. The van der Waals surface area contributed by atoms with Crippen LogP contribution in [0.15, 0.2) is 12.7 Å². The van der Waals surface area contributed by atoms with Gasteiger partial charge < -0.3 is 4.90 Å². The van der Waals surface area contributed by atoms with Crippen LogP contribution in [0.2, 0.25) is 0 Å². The molecule has 5 nitrogen and oxygen atoms in total. The van der Waals surface area contributed by atoms with Gasteiger partial charge in [0.1, 0.15) is 5.00 Å². The molecular formula is C22H38N4OS. The first-order valence-electron chi connectivity index (χ1n) is 10.9. The fourth-order valence-electron chi connectivity index (χ4n) is 3.63. The van der Waals surface area contributed by atoms with Crippen molar-refractivity contribution in [3.05, 3.63) is 23.9 Å². The number of nitrogens with zero attached hydrogens (tertiary/aromatic N) is 4. The van der Waals surface area contributed by atoms with Crippen LogP contribution in [-0.2, 0) is 12.8 Å². The standard InChI is InChI=1S/C22H38N4OS/c1-6-10-13-20-19(12-8-3)21(28-23-20)26-17-24(15-18(5)9-4)16-25(22(26)27)14-11-7-2/h9,18H,4,6-8,10-17H2,1-3,5H3. The lowest BCUT2D eigenvalue weighted by atomic mass is 10.1. The second-order valence-corrected chi connectivity index (χ2v) is 8.70. The third-order valence-electron chi connectivity index (χ3n) is 5.30. The maximum atomic E-state index is 13.3. The van der Waals surface area contributed by atoms with Crippen molar-refractivity contribution >= 4 is 22.6 Å². The van der Waals surface area contributed by atoms with E-state index in [2.05, 4.69) is 39.2 Å². The molecule has 0 aliphatic carbocycles. The highest BCUT2D eigenvalue weighted by Crippen LogP contribution is 2.33. The van der Waals surface area contributed by atoms with Gasteiger partial charge in [-0.25, -0.2) is 4.79 Å². The molecule has 0 N–H and O–H groups in total. The average Bonchev–Trinajstić information content (AvgIpc) is 3.09. The summed E-state index contributed by atoms with van der Waals surface area (Å²) in [6, 6.07) is 0.138. The van der Waals surface area contributed by atoms with E-state index in [4.69, 9.17) is 4.37 Å². The Morgan fingerprint density at radius 2 is 1.89 bits per heavy atom.